The van der Waals surface area contributed by atoms with E-state index in [4.69, 9.17) is 15.3 Å². The summed E-state index contributed by atoms with van der Waals surface area (Å²) >= 11 is 0. The second kappa shape index (κ2) is 4.38. The number of aliphatic hydroxyl groups excluding tert-OH is 3. The lowest BCUT2D eigenvalue weighted by Gasteiger charge is -2.13. The van der Waals surface area contributed by atoms with E-state index >= 15 is 0 Å². The summed E-state index contributed by atoms with van der Waals surface area (Å²) < 4.78 is 0. The highest BCUT2D eigenvalue weighted by atomic mass is 16.3. The molecule has 0 unspecified atom stereocenters. The first-order valence-electron chi connectivity index (χ1n) is 3.07. The van der Waals surface area contributed by atoms with Crippen molar-refractivity contribution in [2.45, 2.75) is 31.7 Å². The molecule has 0 aliphatic rings. The van der Waals surface area contributed by atoms with Gasteiger partial charge >= 0.3 is 0 Å². The standard InChI is InChI=1S/C6H12O4/c1-4(8)2-5(9)6(10)3-7/h3-6,8-10H,2H2,1H3/t4-,5+,6+/m1/s1. The van der Waals surface area contributed by atoms with E-state index in [1.807, 2.05) is 0 Å². The van der Waals surface area contributed by atoms with Gasteiger partial charge in [-0.15, -0.1) is 0 Å². The van der Waals surface area contributed by atoms with E-state index in [-0.39, 0.29) is 12.7 Å². The molecule has 0 aliphatic heterocycles. The summed E-state index contributed by atoms with van der Waals surface area (Å²) in [6.07, 6.45) is -2.98. The van der Waals surface area contributed by atoms with Crippen molar-refractivity contribution < 1.29 is 20.1 Å². The molecule has 0 saturated heterocycles. The Morgan fingerprint density at radius 1 is 1.40 bits per heavy atom. The molecule has 0 fully saturated rings. The lowest BCUT2D eigenvalue weighted by atomic mass is 10.1. The molecular weight excluding hydrogens is 136 g/mol. The zero-order valence-electron chi connectivity index (χ0n) is 5.77. The van der Waals surface area contributed by atoms with E-state index in [0.29, 0.717) is 0 Å². The zero-order chi connectivity index (χ0) is 8.15. The molecule has 0 aromatic carbocycles. The van der Waals surface area contributed by atoms with Crippen molar-refractivity contribution in [3.63, 3.8) is 0 Å². The van der Waals surface area contributed by atoms with Gasteiger partial charge < -0.3 is 20.1 Å². The Hall–Kier alpha value is -0.450. The van der Waals surface area contributed by atoms with Gasteiger partial charge in [-0.2, -0.15) is 0 Å². The third-order valence-corrected chi connectivity index (χ3v) is 1.12. The molecule has 0 rings (SSSR count). The average molecular weight is 148 g/mol. The van der Waals surface area contributed by atoms with Crippen LogP contribution in [0.3, 0.4) is 0 Å². The molecule has 0 heterocycles. The largest absolute Gasteiger partial charge is 0.393 e. The Morgan fingerprint density at radius 2 is 1.90 bits per heavy atom. The van der Waals surface area contributed by atoms with Crippen molar-refractivity contribution in [2.24, 2.45) is 0 Å². The second-order valence-electron chi connectivity index (χ2n) is 2.28. The molecule has 60 valence electrons. The molecule has 0 spiro atoms. The average Bonchev–Trinajstić information content (AvgIpc) is 1.85. The predicted octanol–water partition coefficient (Wildman–Crippen LogP) is -1.32. The van der Waals surface area contributed by atoms with Crippen LogP contribution in [0.1, 0.15) is 13.3 Å². The quantitative estimate of drug-likeness (QED) is 0.432. The summed E-state index contributed by atoms with van der Waals surface area (Å²) in [6, 6.07) is 0. The van der Waals surface area contributed by atoms with E-state index in [2.05, 4.69) is 0 Å². The number of hydrogen-bond acceptors (Lipinski definition) is 4. The third kappa shape index (κ3) is 3.55. The first-order valence-corrected chi connectivity index (χ1v) is 3.07. The van der Waals surface area contributed by atoms with Gasteiger partial charge in [-0.25, -0.2) is 0 Å². The van der Waals surface area contributed by atoms with Crippen LogP contribution in [0, 0.1) is 0 Å². The number of rotatable bonds is 4. The van der Waals surface area contributed by atoms with Crippen molar-refractivity contribution in [1.82, 2.24) is 0 Å². The highest BCUT2D eigenvalue weighted by molar-refractivity contribution is 5.56. The molecule has 0 aromatic heterocycles. The van der Waals surface area contributed by atoms with Crippen LogP contribution in [0.4, 0.5) is 0 Å². The van der Waals surface area contributed by atoms with Crippen molar-refractivity contribution >= 4 is 6.29 Å². The molecule has 4 heteroatoms. The zero-order valence-corrected chi connectivity index (χ0v) is 5.77. The smallest absolute Gasteiger partial charge is 0.151 e. The Labute approximate surface area is 59.1 Å². The van der Waals surface area contributed by atoms with Crippen LogP contribution in [0.2, 0.25) is 0 Å². The summed E-state index contributed by atoms with van der Waals surface area (Å²) in [7, 11) is 0. The van der Waals surface area contributed by atoms with Crippen LogP contribution >= 0.6 is 0 Å². The Kier molecular flexibility index (Phi) is 4.18. The van der Waals surface area contributed by atoms with Crippen LogP contribution in [0.15, 0.2) is 0 Å². The van der Waals surface area contributed by atoms with Crippen molar-refractivity contribution in [1.29, 1.82) is 0 Å². The molecule has 0 saturated carbocycles. The predicted molar refractivity (Wildman–Crippen MR) is 34.4 cm³/mol. The van der Waals surface area contributed by atoms with E-state index in [1.165, 1.54) is 6.92 Å². The maximum Gasteiger partial charge on any atom is 0.151 e. The lowest BCUT2D eigenvalue weighted by Crippen LogP contribution is -2.30. The highest BCUT2D eigenvalue weighted by Crippen LogP contribution is 2.00. The van der Waals surface area contributed by atoms with E-state index in [9.17, 15) is 4.79 Å². The fraction of sp³-hybridized carbons (Fsp3) is 0.833. The van der Waals surface area contributed by atoms with E-state index in [1.54, 1.807) is 0 Å². The minimum atomic E-state index is -1.38. The molecule has 3 atom stereocenters. The fourth-order valence-corrected chi connectivity index (χ4v) is 0.580. The minimum absolute atomic E-state index is 0.0138. The minimum Gasteiger partial charge on any atom is -0.393 e. The van der Waals surface area contributed by atoms with Gasteiger partial charge in [-0.3, -0.25) is 0 Å². The Morgan fingerprint density at radius 3 is 2.20 bits per heavy atom. The summed E-state index contributed by atoms with van der Waals surface area (Å²) in [5.41, 5.74) is 0. The third-order valence-electron chi connectivity index (χ3n) is 1.12. The lowest BCUT2D eigenvalue weighted by molar-refractivity contribution is -0.121. The van der Waals surface area contributed by atoms with Gasteiger partial charge in [-0.1, -0.05) is 0 Å². The molecule has 0 radical (unpaired) electrons. The Balaban J connectivity index is 3.60. The first-order chi connectivity index (χ1) is 4.57. The first kappa shape index (κ1) is 9.55. The summed E-state index contributed by atoms with van der Waals surface area (Å²) in [5, 5.41) is 26.2. The van der Waals surface area contributed by atoms with E-state index < -0.39 is 18.3 Å². The number of carbonyl (C=O) groups is 1. The van der Waals surface area contributed by atoms with Crippen LogP contribution in [-0.4, -0.2) is 39.9 Å². The summed E-state index contributed by atoms with van der Waals surface area (Å²) in [5.74, 6) is 0. The van der Waals surface area contributed by atoms with Crippen LogP contribution in [0.25, 0.3) is 0 Å². The van der Waals surface area contributed by atoms with Gasteiger partial charge in [0.05, 0.1) is 12.2 Å². The van der Waals surface area contributed by atoms with Gasteiger partial charge in [0, 0.05) is 6.42 Å². The van der Waals surface area contributed by atoms with Gasteiger partial charge in [0.25, 0.3) is 0 Å². The van der Waals surface area contributed by atoms with Gasteiger partial charge in [0.2, 0.25) is 0 Å². The monoisotopic (exact) mass is 148 g/mol. The number of hydrogen-bond donors (Lipinski definition) is 3. The topological polar surface area (TPSA) is 77.8 Å². The SMILES string of the molecule is C[C@@H](O)C[C@H](O)[C@@H](O)C=O. The Bertz CT molecular complexity index is 102. The number of carbonyl (C=O) groups excluding carboxylic acids is 1. The van der Waals surface area contributed by atoms with Crippen molar-refractivity contribution in [2.75, 3.05) is 0 Å². The molecule has 3 N–H and O–H groups in total. The van der Waals surface area contributed by atoms with Gasteiger partial charge in [0.1, 0.15) is 6.10 Å². The van der Waals surface area contributed by atoms with Crippen LogP contribution in [-0.2, 0) is 4.79 Å². The van der Waals surface area contributed by atoms with E-state index in [0.717, 1.165) is 0 Å². The molecule has 0 bridgehead atoms. The highest BCUT2D eigenvalue weighted by Gasteiger charge is 2.16. The van der Waals surface area contributed by atoms with Gasteiger partial charge in [0.15, 0.2) is 6.29 Å². The summed E-state index contributed by atoms with van der Waals surface area (Å²) in [4.78, 5) is 9.84. The maximum absolute atomic E-state index is 9.84. The number of aldehydes is 1. The molecule has 4 nitrogen and oxygen atoms in total. The summed E-state index contributed by atoms with van der Waals surface area (Å²) in [6.45, 7) is 1.47. The van der Waals surface area contributed by atoms with Crippen molar-refractivity contribution in [3.05, 3.63) is 0 Å². The fourth-order valence-electron chi connectivity index (χ4n) is 0.580. The molecule has 0 aromatic rings. The normalized spacial score (nSPS) is 19.6. The number of aliphatic hydroxyl groups is 3. The molecular formula is C6H12O4. The molecule has 10 heavy (non-hydrogen) atoms. The second-order valence-corrected chi connectivity index (χ2v) is 2.28. The van der Waals surface area contributed by atoms with Crippen molar-refractivity contribution in [3.8, 4) is 0 Å². The maximum atomic E-state index is 9.84. The molecule has 0 amide bonds. The molecule has 0 aliphatic carbocycles. The van der Waals surface area contributed by atoms with Crippen LogP contribution < -0.4 is 0 Å². The van der Waals surface area contributed by atoms with Crippen LogP contribution in [0.5, 0.6) is 0 Å². The van der Waals surface area contributed by atoms with Gasteiger partial charge in [-0.05, 0) is 6.92 Å².